The second-order valence-electron chi connectivity index (χ2n) is 6.75. The maximum absolute atomic E-state index is 12.1. The molecule has 0 amide bonds. The third-order valence-corrected chi connectivity index (χ3v) is 4.65. The van der Waals surface area contributed by atoms with Crippen LogP contribution in [0, 0.1) is 10.1 Å². The van der Waals surface area contributed by atoms with Crippen molar-refractivity contribution in [2.24, 2.45) is 0 Å². The van der Waals surface area contributed by atoms with Gasteiger partial charge in [-0.25, -0.2) is 15.0 Å². The molecule has 4 aromatic rings. The average Bonchev–Trinajstić information content (AvgIpc) is 2.83. The van der Waals surface area contributed by atoms with Crippen molar-refractivity contribution in [3.8, 4) is 0 Å². The van der Waals surface area contributed by atoms with E-state index >= 15 is 0 Å². The molecule has 2 heterocycles. The van der Waals surface area contributed by atoms with Gasteiger partial charge in [0.05, 0.1) is 11.5 Å². The molecule has 0 bridgehead atoms. The highest BCUT2D eigenvalue weighted by Crippen LogP contribution is 2.36. The summed E-state index contributed by atoms with van der Waals surface area (Å²) in [4.78, 5) is 26.2. The normalized spacial score (nSPS) is 10.5. The molecule has 8 heteroatoms. The fourth-order valence-corrected chi connectivity index (χ4v) is 3.19. The Labute approximate surface area is 179 Å². The van der Waals surface area contributed by atoms with Crippen LogP contribution in [0.2, 0.25) is 0 Å². The molecule has 0 saturated carbocycles. The van der Waals surface area contributed by atoms with Crippen molar-refractivity contribution in [1.82, 2.24) is 15.0 Å². The number of benzene rings is 2. The van der Waals surface area contributed by atoms with Crippen LogP contribution >= 0.6 is 0 Å². The average molecular weight is 412 g/mol. The number of anilines is 3. The van der Waals surface area contributed by atoms with E-state index in [1.54, 1.807) is 23.2 Å². The van der Waals surface area contributed by atoms with Crippen molar-refractivity contribution in [2.75, 3.05) is 10.2 Å². The topological polar surface area (TPSA) is 97.1 Å². The van der Waals surface area contributed by atoms with E-state index in [-0.39, 0.29) is 17.3 Å². The molecule has 31 heavy (non-hydrogen) atoms. The molecule has 0 radical (unpaired) electrons. The molecule has 4 rings (SSSR count). The number of nitro groups is 1. The Kier molecular flexibility index (Phi) is 6.08. The van der Waals surface area contributed by atoms with Crippen molar-refractivity contribution in [1.29, 1.82) is 0 Å². The molecule has 0 spiro atoms. The zero-order valence-corrected chi connectivity index (χ0v) is 16.6. The van der Waals surface area contributed by atoms with Gasteiger partial charge >= 0.3 is 5.69 Å². The fraction of sp³-hybridized carbons (Fsp3) is 0.0870. The molecule has 0 saturated heterocycles. The lowest BCUT2D eigenvalue weighted by atomic mass is 10.2. The molecule has 8 nitrogen and oxygen atoms in total. The smallest absolute Gasteiger partial charge is 0.353 e. The third-order valence-electron chi connectivity index (χ3n) is 4.65. The quantitative estimate of drug-likeness (QED) is 0.330. The van der Waals surface area contributed by atoms with Gasteiger partial charge in [0.25, 0.3) is 0 Å². The van der Waals surface area contributed by atoms with Crippen LogP contribution in [0.25, 0.3) is 0 Å². The van der Waals surface area contributed by atoms with Gasteiger partial charge in [-0.15, -0.1) is 0 Å². The summed E-state index contributed by atoms with van der Waals surface area (Å²) in [5.41, 5.74) is 1.77. The molecule has 0 unspecified atom stereocenters. The van der Waals surface area contributed by atoms with E-state index in [9.17, 15) is 10.1 Å². The van der Waals surface area contributed by atoms with Crippen molar-refractivity contribution < 1.29 is 4.92 Å². The molecule has 0 aliphatic heterocycles. The van der Waals surface area contributed by atoms with Crippen molar-refractivity contribution in [2.45, 2.75) is 13.1 Å². The van der Waals surface area contributed by atoms with Crippen LogP contribution in [0.4, 0.5) is 23.1 Å². The maximum atomic E-state index is 12.1. The Morgan fingerprint density at radius 1 is 0.839 bits per heavy atom. The van der Waals surface area contributed by atoms with Gasteiger partial charge < -0.3 is 10.2 Å². The Hall–Kier alpha value is -4.33. The zero-order valence-electron chi connectivity index (χ0n) is 16.6. The van der Waals surface area contributed by atoms with E-state index in [1.807, 2.05) is 66.7 Å². The van der Waals surface area contributed by atoms with E-state index in [2.05, 4.69) is 20.3 Å². The van der Waals surface area contributed by atoms with Crippen molar-refractivity contribution in [3.63, 3.8) is 0 Å². The van der Waals surface area contributed by atoms with Gasteiger partial charge in [0.2, 0.25) is 11.6 Å². The van der Waals surface area contributed by atoms with Crippen molar-refractivity contribution >= 4 is 23.1 Å². The first-order chi connectivity index (χ1) is 15.2. The number of hydrogen-bond acceptors (Lipinski definition) is 7. The number of nitrogens with zero attached hydrogens (tertiary/aromatic N) is 5. The van der Waals surface area contributed by atoms with Crippen LogP contribution in [0.5, 0.6) is 0 Å². The molecule has 1 N–H and O–H groups in total. The Balaban J connectivity index is 1.74. The minimum atomic E-state index is -0.455. The number of rotatable bonds is 8. The second kappa shape index (κ2) is 9.45. The van der Waals surface area contributed by atoms with Gasteiger partial charge in [-0.3, -0.25) is 10.1 Å². The predicted molar refractivity (Wildman–Crippen MR) is 119 cm³/mol. The molecular weight excluding hydrogens is 392 g/mol. The van der Waals surface area contributed by atoms with Gasteiger partial charge in [-0.1, -0.05) is 66.7 Å². The summed E-state index contributed by atoms with van der Waals surface area (Å²) in [5.74, 6) is 0.896. The highest BCUT2D eigenvalue weighted by molar-refractivity contribution is 5.74. The molecule has 0 fully saturated rings. The standard InChI is InChI=1S/C23H20N6O2/c30-29(31)21-22(25-15-18-9-3-1-4-10-18)26-17-27-23(21)28(20-13-7-8-14-24-20)16-19-11-5-2-6-12-19/h1-14,17H,15-16H2,(H,25,26,27). The van der Waals surface area contributed by atoms with E-state index in [0.29, 0.717) is 18.9 Å². The third kappa shape index (κ3) is 4.81. The molecule has 0 atom stereocenters. The minimum Gasteiger partial charge on any atom is -0.360 e. The van der Waals surface area contributed by atoms with Gasteiger partial charge in [-0.2, -0.15) is 0 Å². The summed E-state index contributed by atoms with van der Waals surface area (Å²) in [6.45, 7) is 0.772. The molecule has 2 aromatic heterocycles. The SMILES string of the molecule is O=[N+]([O-])c1c(NCc2ccccc2)ncnc1N(Cc1ccccc1)c1ccccn1. The van der Waals surface area contributed by atoms with Crippen LogP contribution in [-0.4, -0.2) is 19.9 Å². The fourth-order valence-electron chi connectivity index (χ4n) is 3.19. The first kappa shape index (κ1) is 20.0. The van der Waals surface area contributed by atoms with E-state index in [0.717, 1.165) is 11.1 Å². The van der Waals surface area contributed by atoms with E-state index < -0.39 is 4.92 Å². The highest BCUT2D eigenvalue weighted by Gasteiger charge is 2.28. The summed E-state index contributed by atoms with van der Waals surface area (Å²) in [5, 5.41) is 15.2. The van der Waals surface area contributed by atoms with E-state index in [1.165, 1.54) is 6.33 Å². The molecule has 0 aliphatic carbocycles. The Bertz CT molecular complexity index is 1140. The summed E-state index contributed by atoms with van der Waals surface area (Å²) < 4.78 is 0. The molecule has 0 aliphatic rings. The number of pyridine rings is 1. The van der Waals surface area contributed by atoms with Gasteiger partial charge in [0.1, 0.15) is 12.1 Å². The number of hydrogen-bond donors (Lipinski definition) is 1. The van der Waals surface area contributed by atoms with E-state index in [4.69, 9.17) is 0 Å². The van der Waals surface area contributed by atoms with Gasteiger partial charge in [-0.05, 0) is 23.3 Å². The van der Waals surface area contributed by atoms with Gasteiger partial charge in [0, 0.05) is 12.7 Å². The lowest BCUT2D eigenvalue weighted by Gasteiger charge is -2.23. The number of aromatic nitrogens is 3. The summed E-state index contributed by atoms with van der Waals surface area (Å²) in [7, 11) is 0. The first-order valence-corrected chi connectivity index (χ1v) is 9.72. The predicted octanol–water partition coefficient (Wildman–Crippen LogP) is 4.73. The zero-order chi connectivity index (χ0) is 21.5. The summed E-state index contributed by atoms with van der Waals surface area (Å²) in [6, 6.07) is 24.7. The summed E-state index contributed by atoms with van der Waals surface area (Å²) >= 11 is 0. The lowest BCUT2D eigenvalue weighted by molar-refractivity contribution is -0.383. The van der Waals surface area contributed by atoms with Crippen LogP contribution in [-0.2, 0) is 13.1 Å². The Morgan fingerprint density at radius 3 is 2.16 bits per heavy atom. The van der Waals surface area contributed by atoms with Gasteiger partial charge in [0.15, 0.2) is 0 Å². The van der Waals surface area contributed by atoms with Crippen molar-refractivity contribution in [3.05, 3.63) is 113 Å². The minimum absolute atomic E-state index is 0.160. The number of nitrogens with one attached hydrogen (secondary N) is 1. The second-order valence-corrected chi connectivity index (χ2v) is 6.75. The lowest BCUT2D eigenvalue weighted by Crippen LogP contribution is -2.21. The largest absolute Gasteiger partial charge is 0.360 e. The highest BCUT2D eigenvalue weighted by atomic mass is 16.6. The molecule has 2 aromatic carbocycles. The first-order valence-electron chi connectivity index (χ1n) is 9.72. The van der Waals surface area contributed by atoms with Crippen LogP contribution < -0.4 is 10.2 Å². The van der Waals surface area contributed by atoms with Crippen LogP contribution in [0.3, 0.4) is 0 Å². The van der Waals surface area contributed by atoms with Crippen LogP contribution in [0.1, 0.15) is 11.1 Å². The maximum Gasteiger partial charge on any atom is 0.353 e. The molecule has 154 valence electrons. The van der Waals surface area contributed by atoms with Crippen LogP contribution in [0.15, 0.2) is 91.4 Å². The Morgan fingerprint density at radius 2 is 1.52 bits per heavy atom. The monoisotopic (exact) mass is 412 g/mol. The molecular formula is C23H20N6O2. The summed E-state index contributed by atoms with van der Waals surface area (Å²) in [6.07, 6.45) is 2.98.